The zero-order valence-corrected chi connectivity index (χ0v) is 13.1. The number of hydrogen-bond acceptors (Lipinski definition) is 8. The predicted octanol–water partition coefficient (Wildman–Crippen LogP) is 0.850. The summed E-state index contributed by atoms with van der Waals surface area (Å²) in [6, 6.07) is 9.68. The lowest BCUT2D eigenvalue weighted by atomic mass is 9.93. The fourth-order valence-corrected chi connectivity index (χ4v) is 4.11. The van der Waals surface area contributed by atoms with Gasteiger partial charge in [-0.2, -0.15) is 10.5 Å². The average Bonchev–Trinajstić information content (AvgIpc) is 2.87. The van der Waals surface area contributed by atoms with Crippen molar-refractivity contribution >= 4 is 5.84 Å². The van der Waals surface area contributed by atoms with Crippen LogP contribution in [0.15, 0.2) is 23.2 Å². The zero-order valence-electron chi connectivity index (χ0n) is 13.1. The monoisotopic (exact) mass is 326 g/mol. The second-order valence-electron chi connectivity index (χ2n) is 5.87. The minimum atomic E-state index is -1.62. The number of rotatable bonds is 3. The molecule has 0 amide bonds. The van der Waals surface area contributed by atoms with Gasteiger partial charge in [-0.05, 0) is 17.7 Å². The molecule has 0 saturated heterocycles. The molecule has 0 aromatic heterocycles. The molecule has 2 aliphatic heterocycles. The van der Waals surface area contributed by atoms with Crippen LogP contribution in [-0.2, 0) is 9.47 Å². The Morgan fingerprint density at radius 3 is 2.54 bits per heavy atom. The molecule has 2 heterocycles. The summed E-state index contributed by atoms with van der Waals surface area (Å²) in [4.78, 5) is 4.17. The lowest BCUT2D eigenvalue weighted by molar-refractivity contribution is -0.230. The van der Waals surface area contributed by atoms with E-state index in [1.807, 2.05) is 0 Å². The molecule has 1 saturated carbocycles. The lowest BCUT2D eigenvalue weighted by Gasteiger charge is -2.29. The summed E-state index contributed by atoms with van der Waals surface area (Å²) in [5, 5.41) is 19.8. The van der Waals surface area contributed by atoms with E-state index in [0.29, 0.717) is 11.5 Å². The van der Waals surface area contributed by atoms with E-state index in [9.17, 15) is 10.5 Å². The minimum absolute atomic E-state index is 0.0397. The summed E-state index contributed by atoms with van der Waals surface area (Å²) in [5.74, 6) is -0.949. The van der Waals surface area contributed by atoms with Gasteiger partial charge in [0.1, 0.15) is 11.3 Å². The molecule has 3 atom stereocenters. The summed E-state index contributed by atoms with van der Waals surface area (Å²) in [6.07, 6.45) is 0. The molecule has 1 aliphatic carbocycles. The zero-order chi connectivity index (χ0) is 17.2. The second-order valence-corrected chi connectivity index (χ2v) is 5.87. The molecule has 3 aliphatic rings. The average molecular weight is 326 g/mol. The number of amidine groups is 1. The topological polar surface area (TPSA) is 123 Å². The molecule has 2 N–H and O–H groups in total. The summed E-state index contributed by atoms with van der Waals surface area (Å²) >= 11 is 0. The van der Waals surface area contributed by atoms with Crippen molar-refractivity contribution in [3.05, 3.63) is 23.8 Å². The number of nitriles is 2. The highest BCUT2D eigenvalue weighted by molar-refractivity contribution is 6.00. The van der Waals surface area contributed by atoms with Crippen molar-refractivity contribution in [3.63, 3.8) is 0 Å². The van der Waals surface area contributed by atoms with Crippen LogP contribution < -0.4 is 15.2 Å². The summed E-state index contributed by atoms with van der Waals surface area (Å²) in [7, 11) is 2.75. The van der Waals surface area contributed by atoms with Crippen LogP contribution in [0.25, 0.3) is 0 Å². The van der Waals surface area contributed by atoms with Crippen LogP contribution in [0.5, 0.6) is 11.5 Å². The fourth-order valence-electron chi connectivity index (χ4n) is 4.11. The number of aliphatic imine (C=N–C) groups is 1. The molecule has 122 valence electrons. The van der Waals surface area contributed by atoms with E-state index in [0.717, 1.165) is 5.56 Å². The van der Waals surface area contributed by atoms with E-state index in [-0.39, 0.29) is 12.6 Å². The Hall–Kier alpha value is -2.81. The van der Waals surface area contributed by atoms with Crippen molar-refractivity contribution in [2.24, 2.45) is 21.6 Å². The lowest BCUT2D eigenvalue weighted by Crippen LogP contribution is -2.41. The Morgan fingerprint density at radius 1 is 1.21 bits per heavy atom. The maximum atomic E-state index is 9.96. The van der Waals surface area contributed by atoms with E-state index < -0.39 is 22.7 Å². The van der Waals surface area contributed by atoms with Gasteiger partial charge < -0.3 is 24.7 Å². The van der Waals surface area contributed by atoms with E-state index in [2.05, 4.69) is 17.1 Å². The third-order valence-electron chi connectivity index (χ3n) is 5.21. The quantitative estimate of drug-likeness (QED) is 0.817. The maximum absolute atomic E-state index is 9.96. The summed E-state index contributed by atoms with van der Waals surface area (Å²) < 4.78 is 21.5. The Labute approximate surface area is 138 Å². The standard InChI is InChI=1S/C16H14N4O4/c1-21-16(22-2)15(7-18)12(14(15,6-17)13(19)20-16)9-3-4-10-11(5-9)24-8-23-10/h3-5,12H,8H2,1-2H3,(H2,19,20)/t12-,14+,15-/m1/s1. The molecule has 8 nitrogen and oxygen atoms in total. The molecule has 1 aromatic rings. The Kier molecular flexibility index (Phi) is 2.70. The number of hydrogen-bond donors (Lipinski definition) is 1. The van der Waals surface area contributed by atoms with E-state index in [1.54, 1.807) is 18.2 Å². The van der Waals surface area contributed by atoms with E-state index in [4.69, 9.17) is 24.7 Å². The van der Waals surface area contributed by atoms with Gasteiger partial charge in [0.25, 0.3) is 5.91 Å². The first-order valence-corrected chi connectivity index (χ1v) is 7.25. The first kappa shape index (κ1) is 14.8. The summed E-state index contributed by atoms with van der Waals surface area (Å²) in [6.45, 7) is 0.139. The maximum Gasteiger partial charge on any atom is 0.292 e. The first-order valence-electron chi connectivity index (χ1n) is 7.25. The third-order valence-corrected chi connectivity index (χ3v) is 5.21. The highest BCUT2D eigenvalue weighted by Gasteiger charge is 2.93. The summed E-state index contributed by atoms with van der Waals surface area (Å²) in [5.41, 5.74) is 4.11. The smallest absolute Gasteiger partial charge is 0.292 e. The molecular formula is C16H14N4O4. The van der Waals surface area contributed by atoms with Gasteiger partial charge in [-0.1, -0.05) is 6.07 Å². The molecule has 0 bridgehead atoms. The number of fused-ring (bicyclic) bond motifs is 2. The van der Waals surface area contributed by atoms with Crippen LogP contribution >= 0.6 is 0 Å². The molecule has 0 spiro atoms. The van der Waals surface area contributed by atoms with E-state index in [1.165, 1.54) is 14.2 Å². The molecule has 0 unspecified atom stereocenters. The number of nitrogens with two attached hydrogens (primary N) is 1. The van der Waals surface area contributed by atoms with Crippen molar-refractivity contribution < 1.29 is 18.9 Å². The largest absolute Gasteiger partial charge is 0.454 e. The van der Waals surface area contributed by atoms with Crippen LogP contribution in [0.2, 0.25) is 0 Å². The van der Waals surface area contributed by atoms with Gasteiger partial charge in [-0.25, -0.2) is 4.99 Å². The van der Waals surface area contributed by atoms with Crippen LogP contribution in [0.3, 0.4) is 0 Å². The minimum Gasteiger partial charge on any atom is -0.454 e. The normalized spacial score (nSPS) is 34.0. The third kappa shape index (κ3) is 1.25. The fraction of sp³-hybridized carbons (Fsp3) is 0.438. The first-order chi connectivity index (χ1) is 11.6. The van der Waals surface area contributed by atoms with Crippen molar-refractivity contribution in [2.45, 2.75) is 11.8 Å². The van der Waals surface area contributed by atoms with Gasteiger partial charge in [0.15, 0.2) is 16.9 Å². The molecule has 1 aromatic carbocycles. The van der Waals surface area contributed by atoms with Crippen molar-refractivity contribution in [2.75, 3.05) is 21.0 Å². The van der Waals surface area contributed by atoms with Crippen LogP contribution in [0.1, 0.15) is 11.5 Å². The molecule has 1 fully saturated rings. The molecule has 24 heavy (non-hydrogen) atoms. The van der Waals surface area contributed by atoms with Crippen LogP contribution in [0, 0.1) is 33.5 Å². The molecule has 0 radical (unpaired) electrons. The molecule has 8 heteroatoms. The van der Waals surface area contributed by atoms with Crippen molar-refractivity contribution in [1.29, 1.82) is 10.5 Å². The number of benzene rings is 1. The SMILES string of the molecule is COC1(OC)N=C(N)[C@]2(C#N)[C@@H](c3ccc4c(c3)OCO4)[C@@]12C#N. The van der Waals surface area contributed by atoms with Gasteiger partial charge in [0, 0.05) is 20.1 Å². The highest BCUT2D eigenvalue weighted by Crippen LogP contribution is 2.82. The van der Waals surface area contributed by atoms with Crippen molar-refractivity contribution in [3.8, 4) is 23.6 Å². The Balaban J connectivity index is 1.91. The second kappa shape index (κ2) is 4.38. The number of methoxy groups -OCH3 is 2. The number of ether oxygens (including phenoxy) is 4. The highest BCUT2D eigenvalue weighted by atomic mass is 16.7. The van der Waals surface area contributed by atoms with Gasteiger partial charge in [-0.3, -0.25) is 0 Å². The van der Waals surface area contributed by atoms with Gasteiger partial charge in [-0.15, -0.1) is 0 Å². The van der Waals surface area contributed by atoms with Gasteiger partial charge in [0.05, 0.1) is 12.1 Å². The Morgan fingerprint density at radius 2 is 1.92 bits per heavy atom. The Bertz CT molecular complexity index is 851. The molecular weight excluding hydrogens is 312 g/mol. The van der Waals surface area contributed by atoms with Crippen LogP contribution in [0.4, 0.5) is 0 Å². The van der Waals surface area contributed by atoms with E-state index >= 15 is 0 Å². The number of nitrogens with zero attached hydrogens (tertiary/aromatic N) is 3. The van der Waals surface area contributed by atoms with Gasteiger partial charge >= 0.3 is 0 Å². The van der Waals surface area contributed by atoms with Crippen LogP contribution in [-0.4, -0.2) is 32.8 Å². The van der Waals surface area contributed by atoms with Gasteiger partial charge in [0.2, 0.25) is 6.79 Å². The predicted molar refractivity (Wildman–Crippen MR) is 79.8 cm³/mol. The molecule has 4 rings (SSSR count). The van der Waals surface area contributed by atoms with Crippen molar-refractivity contribution in [1.82, 2.24) is 0 Å².